The third-order valence-electron chi connectivity index (χ3n) is 2.24. The number of benzene rings is 1. The summed E-state index contributed by atoms with van der Waals surface area (Å²) >= 11 is 0. The topological polar surface area (TPSA) is 72.2 Å². The van der Waals surface area contributed by atoms with E-state index in [4.69, 9.17) is 5.73 Å². The van der Waals surface area contributed by atoms with Gasteiger partial charge < -0.3 is 11.1 Å². The van der Waals surface area contributed by atoms with Gasteiger partial charge in [0, 0.05) is 13.3 Å². The maximum Gasteiger partial charge on any atom is 0.240 e. The Morgan fingerprint density at radius 2 is 2.12 bits per heavy atom. The number of nitrogens with two attached hydrogens (primary N) is 1. The fraction of sp³-hybridized carbons (Fsp3) is 0.333. The molecule has 0 fully saturated rings. The summed E-state index contributed by atoms with van der Waals surface area (Å²) in [6, 6.07) is 7.12. The van der Waals surface area contributed by atoms with Crippen LogP contribution in [-0.4, -0.2) is 17.9 Å². The Kier molecular flexibility index (Phi) is 4.05. The van der Waals surface area contributed by atoms with Gasteiger partial charge in [0.25, 0.3) is 0 Å². The van der Waals surface area contributed by atoms with Crippen LogP contribution in [0.5, 0.6) is 0 Å². The Balaban J connectivity index is 2.75. The van der Waals surface area contributed by atoms with Gasteiger partial charge in [-0.2, -0.15) is 0 Å². The third kappa shape index (κ3) is 3.73. The summed E-state index contributed by atoms with van der Waals surface area (Å²) in [6.07, 6.45) is 0.427. The van der Waals surface area contributed by atoms with Gasteiger partial charge in [0.1, 0.15) is 6.04 Å². The summed E-state index contributed by atoms with van der Waals surface area (Å²) in [7, 11) is 0. The van der Waals surface area contributed by atoms with Gasteiger partial charge in [0.2, 0.25) is 11.8 Å². The van der Waals surface area contributed by atoms with E-state index in [2.05, 4.69) is 5.32 Å². The lowest BCUT2D eigenvalue weighted by Crippen LogP contribution is -2.44. The quantitative estimate of drug-likeness (QED) is 0.776. The second-order valence-corrected chi connectivity index (χ2v) is 3.85. The molecular weight excluding hydrogens is 204 g/mol. The average Bonchev–Trinajstić information content (AvgIpc) is 2.15. The first kappa shape index (κ1) is 12.2. The highest BCUT2D eigenvalue weighted by Gasteiger charge is 2.16. The molecule has 1 aromatic carbocycles. The van der Waals surface area contributed by atoms with Crippen LogP contribution >= 0.6 is 0 Å². The molecule has 0 saturated heterocycles. The summed E-state index contributed by atoms with van der Waals surface area (Å²) in [5.41, 5.74) is 7.32. The van der Waals surface area contributed by atoms with Crippen LogP contribution in [0, 0.1) is 6.92 Å². The van der Waals surface area contributed by atoms with Crippen molar-refractivity contribution in [3.63, 3.8) is 0 Å². The Morgan fingerprint density at radius 3 is 2.62 bits per heavy atom. The van der Waals surface area contributed by atoms with Crippen LogP contribution < -0.4 is 11.1 Å². The van der Waals surface area contributed by atoms with Crippen LogP contribution in [0.3, 0.4) is 0 Å². The Morgan fingerprint density at radius 1 is 1.44 bits per heavy atom. The summed E-state index contributed by atoms with van der Waals surface area (Å²) in [5.74, 6) is -0.770. The van der Waals surface area contributed by atoms with Gasteiger partial charge in [-0.15, -0.1) is 0 Å². The number of rotatable bonds is 4. The number of carbonyl (C=O) groups is 2. The molecule has 0 aliphatic carbocycles. The van der Waals surface area contributed by atoms with Gasteiger partial charge in [-0.3, -0.25) is 9.59 Å². The van der Waals surface area contributed by atoms with Crippen molar-refractivity contribution >= 4 is 11.8 Å². The van der Waals surface area contributed by atoms with Crippen molar-refractivity contribution in [2.75, 3.05) is 0 Å². The molecule has 1 aromatic rings. The van der Waals surface area contributed by atoms with Crippen LogP contribution in [-0.2, 0) is 16.0 Å². The molecular formula is C12H16N2O2. The standard InChI is InChI=1S/C12H16N2O2/c1-8-4-3-5-10(6-8)7-11(12(13)16)14-9(2)15/h3-6,11H,7H2,1-2H3,(H2,13,16)(H,14,15)/t11-/m1/s1. The lowest BCUT2D eigenvalue weighted by Gasteiger charge is -2.14. The molecule has 0 bridgehead atoms. The molecule has 0 radical (unpaired) electrons. The van der Waals surface area contributed by atoms with E-state index < -0.39 is 11.9 Å². The number of hydrogen-bond donors (Lipinski definition) is 2. The Bertz CT molecular complexity index is 402. The lowest BCUT2D eigenvalue weighted by molar-refractivity contribution is -0.126. The summed E-state index contributed by atoms with van der Waals surface area (Å²) in [5, 5.41) is 2.53. The zero-order chi connectivity index (χ0) is 12.1. The zero-order valence-corrected chi connectivity index (χ0v) is 9.49. The molecule has 0 aliphatic rings. The second-order valence-electron chi connectivity index (χ2n) is 3.85. The van der Waals surface area contributed by atoms with E-state index in [0.29, 0.717) is 6.42 Å². The average molecular weight is 220 g/mol. The summed E-state index contributed by atoms with van der Waals surface area (Å²) < 4.78 is 0. The SMILES string of the molecule is CC(=O)N[C@H](Cc1cccc(C)c1)C(N)=O. The maximum atomic E-state index is 11.1. The van der Waals surface area contributed by atoms with Gasteiger partial charge in [0.15, 0.2) is 0 Å². The van der Waals surface area contributed by atoms with Crippen LogP contribution in [0.4, 0.5) is 0 Å². The van der Waals surface area contributed by atoms with E-state index in [-0.39, 0.29) is 5.91 Å². The molecule has 1 rings (SSSR count). The van der Waals surface area contributed by atoms with Crippen molar-refractivity contribution < 1.29 is 9.59 Å². The first-order chi connectivity index (χ1) is 7.49. The molecule has 0 unspecified atom stereocenters. The molecule has 0 saturated carbocycles. The highest BCUT2D eigenvalue weighted by Crippen LogP contribution is 2.06. The summed E-state index contributed by atoms with van der Waals surface area (Å²) in [6.45, 7) is 3.34. The predicted octanol–water partition coefficient (Wildman–Crippen LogP) is 0.528. The third-order valence-corrected chi connectivity index (χ3v) is 2.24. The number of carbonyl (C=O) groups excluding carboxylic acids is 2. The maximum absolute atomic E-state index is 11.1. The fourth-order valence-electron chi connectivity index (χ4n) is 1.54. The monoisotopic (exact) mass is 220 g/mol. The van der Waals surface area contributed by atoms with Gasteiger partial charge in [0.05, 0.1) is 0 Å². The van der Waals surface area contributed by atoms with E-state index >= 15 is 0 Å². The summed E-state index contributed by atoms with van der Waals surface area (Å²) in [4.78, 5) is 22.0. The molecule has 3 N–H and O–H groups in total. The number of amides is 2. The van der Waals surface area contributed by atoms with Gasteiger partial charge in [-0.05, 0) is 12.5 Å². The molecule has 0 aliphatic heterocycles. The van der Waals surface area contributed by atoms with Crippen LogP contribution in [0.2, 0.25) is 0 Å². The lowest BCUT2D eigenvalue weighted by atomic mass is 10.0. The molecule has 16 heavy (non-hydrogen) atoms. The minimum absolute atomic E-state index is 0.253. The van der Waals surface area contributed by atoms with Crippen LogP contribution in [0.15, 0.2) is 24.3 Å². The highest BCUT2D eigenvalue weighted by atomic mass is 16.2. The minimum atomic E-state index is -0.640. The molecule has 4 nitrogen and oxygen atoms in total. The van der Waals surface area contributed by atoms with E-state index in [1.54, 1.807) is 0 Å². The van der Waals surface area contributed by atoms with E-state index in [0.717, 1.165) is 11.1 Å². The number of primary amides is 1. The van der Waals surface area contributed by atoms with Crippen molar-refractivity contribution in [1.82, 2.24) is 5.32 Å². The van der Waals surface area contributed by atoms with Crippen molar-refractivity contribution in [3.8, 4) is 0 Å². The molecule has 2 amide bonds. The van der Waals surface area contributed by atoms with Crippen molar-refractivity contribution in [2.45, 2.75) is 26.3 Å². The fourth-order valence-corrected chi connectivity index (χ4v) is 1.54. The molecule has 1 atom stereocenters. The predicted molar refractivity (Wildman–Crippen MR) is 61.7 cm³/mol. The number of hydrogen-bond acceptors (Lipinski definition) is 2. The normalized spacial score (nSPS) is 11.9. The smallest absolute Gasteiger partial charge is 0.240 e. The minimum Gasteiger partial charge on any atom is -0.368 e. The molecule has 0 aromatic heterocycles. The largest absolute Gasteiger partial charge is 0.368 e. The Hall–Kier alpha value is -1.84. The highest BCUT2D eigenvalue weighted by molar-refractivity contribution is 5.85. The van der Waals surface area contributed by atoms with E-state index in [1.807, 2.05) is 31.2 Å². The van der Waals surface area contributed by atoms with Gasteiger partial charge in [-0.1, -0.05) is 29.8 Å². The van der Waals surface area contributed by atoms with Crippen LogP contribution in [0.1, 0.15) is 18.1 Å². The molecule has 0 spiro atoms. The van der Waals surface area contributed by atoms with Crippen molar-refractivity contribution in [1.29, 1.82) is 0 Å². The molecule has 4 heteroatoms. The van der Waals surface area contributed by atoms with Gasteiger partial charge in [-0.25, -0.2) is 0 Å². The van der Waals surface area contributed by atoms with E-state index in [9.17, 15) is 9.59 Å². The molecule has 86 valence electrons. The first-order valence-electron chi connectivity index (χ1n) is 5.11. The molecule has 0 heterocycles. The zero-order valence-electron chi connectivity index (χ0n) is 9.49. The van der Waals surface area contributed by atoms with Gasteiger partial charge >= 0.3 is 0 Å². The number of nitrogens with one attached hydrogen (secondary N) is 1. The second kappa shape index (κ2) is 5.30. The first-order valence-corrected chi connectivity index (χ1v) is 5.11. The number of aryl methyl sites for hydroxylation is 1. The Labute approximate surface area is 94.8 Å². The van der Waals surface area contributed by atoms with Crippen molar-refractivity contribution in [3.05, 3.63) is 35.4 Å². The van der Waals surface area contributed by atoms with Crippen LogP contribution in [0.25, 0.3) is 0 Å². The van der Waals surface area contributed by atoms with E-state index in [1.165, 1.54) is 6.92 Å². The van der Waals surface area contributed by atoms with Crippen molar-refractivity contribution in [2.24, 2.45) is 5.73 Å².